The molecule has 0 aromatic heterocycles. The topological polar surface area (TPSA) is 72.8 Å². The highest BCUT2D eigenvalue weighted by atomic mass is 16.6. The normalized spacial score (nSPS) is 12.9. The van der Waals surface area contributed by atoms with Gasteiger partial charge in [0.25, 0.3) is 0 Å². The first-order valence-corrected chi connectivity index (χ1v) is 29.3. The number of carbonyl (C=O) groups excluding carboxylic acids is 2. The second-order valence-electron chi connectivity index (χ2n) is 19.3. The lowest BCUT2D eigenvalue weighted by Crippen LogP contribution is -2.28. The zero-order valence-electron chi connectivity index (χ0n) is 45.3. The fraction of sp³-hybridized carbons (Fsp3) is 0.719. The molecule has 396 valence electrons. The molecule has 0 aliphatic carbocycles. The van der Waals surface area contributed by atoms with Crippen LogP contribution in [-0.2, 0) is 19.1 Å². The van der Waals surface area contributed by atoms with Crippen molar-refractivity contribution in [1.82, 2.24) is 0 Å². The van der Waals surface area contributed by atoms with Gasteiger partial charge >= 0.3 is 11.9 Å². The summed E-state index contributed by atoms with van der Waals surface area (Å²) in [5, 5.41) is 9.63. The number of esters is 2. The summed E-state index contributed by atoms with van der Waals surface area (Å²) in [5.41, 5.74) is 0. The number of allylic oxidation sites excluding steroid dienone is 16. The van der Waals surface area contributed by atoms with Crippen molar-refractivity contribution in [2.75, 3.05) is 13.2 Å². The Bertz CT molecular complexity index is 1310. The van der Waals surface area contributed by atoms with Gasteiger partial charge in [-0.2, -0.15) is 0 Å². The van der Waals surface area contributed by atoms with Crippen LogP contribution in [-0.4, -0.2) is 36.4 Å². The summed E-state index contributed by atoms with van der Waals surface area (Å²) in [4.78, 5) is 24.4. The highest BCUT2D eigenvalue weighted by Gasteiger charge is 2.16. The molecule has 5 heteroatoms. The second-order valence-corrected chi connectivity index (χ2v) is 19.3. The molecule has 1 unspecified atom stereocenters. The molecular weight excluding hydrogens is 849 g/mol. The molecule has 0 amide bonds. The van der Waals surface area contributed by atoms with E-state index in [0.717, 1.165) is 89.9 Å². The zero-order chi connectivity index (χ0) is 49.9. The molecular formula is C64H110O5. The molecule has 0 bridgehead atoms. The molecule has 0 radical (unpaired) electrons. The van der Waals surface area contributed by atoms with Gasteiger partial charge in [-0.15, -0.1) is 0 Å². The fourth-order valence-corrected chi connectivity index (χ4v) is 8.22. The number of aliphatic hydroxyl groups is 1. The molecule has 0 spiro atoms. The average molecular weight is 960 g/mol. The summed E-state index contributed by atoms with van der Waals surface area (Å²) >= 11 is 0. The monoisotopic (exact) mass is 959 g/mol. The third kappa shape index (κ3) is 57.3. The maximum atomic E-state index is 12.3. The van der Waals surface area contributed by atoms with E-state index in [1.807, 2.05) is 0 Å². The SMILES string of the molecule is CC/C=C\C/C=C\C/C=C\C/C=C\C/C=C\C/C=C\CCCCCCCCCCCCCCCCCCCCCCCCC(=O)OC(CO)COC(=O)CCCCCCC/C=C\C/C=C\CCCC. The van der Waals surface area contributed by atoms with Crippen LogP contribution < -0.4 is 0 Å². The standard InChI is InChI=1S/C64H110O5/c1-3-5-7-9-11-13-15-17-19-20-21-22-23-24-25-26-27-28-29-30-31-32-33-34-35-36-37-38-39-40-41-42-43-44-45-47-49-51-53-55-57-59-64(67)69-62(60-65)61-68-63(66)58-56-54-52-50-48-46-18-16-14-12-10-8-6-4-2/h5,7,10-13,16-19,21-22,24-25,27-28,62,65H,3-4,6,8-9,14-15,20,23,26,29-61H2,1-2H3/b7-5-,12-10-,13-11-,18-16-,19-17-,22-21-,25-24-,28-27-. The summed E-state index contributed by atoms with van der Waals surface area (Å²) in [6.45, 7) is 3.98. The smallest absolute Gasteiger partial charge is 0.306 e. The number of ether oxygens (including phenoxy) is 2. The minimum absolute atomic E-state index is 0.0731. The molecule has 0 rings (SSSR count). The van der Waals surface area contributed by atoms with Crippen LogP contribution in [0.25, 0.3) is 0 Å². The largest absolute Gasteiger partial charge is 0.462 e. The average Bonchev–Trinajstić information content (AvgIpc) is 3.35. The zero-order valence-corrected chi connectivity index (χ0v) is 45.3. The number of unbranched alkanes of at least 4 members (excludes halogenated alkanes) is 29. The minimum atomic E-state index is -0.779. The Hall–Kier alpha value is -3.18. The first-order valence-electron chi connectivity index (χ1n) is 29.3. The number of hydrogen-bond acceptors (Lipinski definition) is 5. The number of aliphatic hydroxyl groups excluding tert-OH is 1. The predicted molar refractivity (Wildman–Crippen MR) is 302 cm³/mol. The van der Waals surface area contributed by atoms with Crippen molar-refractivity contribution in [1.29, 1.82) is 0 Å². The first kappa shape index (κ1) is 65.8. The summed E-state index contributed by atoms with van der Waals surface area (Å²) in [6.07, 6.45) is 84.1. The van der Waals surface area contributed by atoms with E-state index in [0.29, 0.717) is 12.8 Å². The first-order chi connectivity index (χ1) is 34.1. The van der Waals surface area contributed by atoms with E-state index in [1.54, 1.807) is 0 Å². The van der Waals surface area contributed by atoms with Crippen LogP contribution in [0.3, 0.4) is 0 Å². The molecule has 0 aromatic carbocycles. The third-order valence-electron chi connectivity index (χ3n) is 12.6. The highest BCUT2D eigenvalue weighted by molar-refractivity contribution is 5.70. The van der Waals surface area contributed by atoms with Crippen LogP contribution in [0.5, 0.6) is 0 Å². The van der Waals surface area contributed by atoms with E-state index in [1.165, 1.54) is 161 Å². The van der Waals surface area contributed by atoms with Crippen molar-refractivity contribution in [3.8, 4) is 0 Å². The lowest BCUT2D eigenvalue weighted by molar-refractivity contribution is -0.161. The second kappa shape index (κ2) is 59.1. The van der Waals surface area contributed by atoms with E-state index >= 15 is 0 Å². The number of carbonyl (C=O) groups is 2. The Kier molecular flexibility index (Phi) is 56.4. The Labute approximate surface area is 428 Å². The van der Waals surface area contributed by atoms with Gasteiger partial charge in [-0.05, 0) is 89.9 Å². The molecule has 0 aliphatic heterocycles. The molecule has 0 fully saturated rings. The van der Waals surface area contributed by atoms with Gasteiger partial charge in [0.1, 0.15) is 6.61 Å². The maximum absolute atomic E-state index is 12.3. The van der Waals surface area contributed by atoms with E-state index in [-0.39, 0.29) is 25.2 Å². The Morgan fingerprint density at radius 1 is 0.348 bits per heavy atom. The molecule has 0 saturated carbocycles. The Balaban J connectivity index is 3.43. The summed E-state index contributed by atoms with van der Waals surface area (Å²) in [6, 6.07) is 0. The van der Waals surface area contributed by atoms with Gasteiger partial charge in [0.15, 0.2) is 6.10 Å². The van der Waals surface area contributed by atoms with Gasteiger partial charge in [0.2, 0.25) is 0 Å². The van der Waals surface area contributed by atoms with Crippen LogP contribution >= 0.6 is 0 Å². The van der Waals surface area contributed by atoms with Crippen LogP contribution in [0.15, 0.2) is 97.2 Å². The third-order valence-corrected chi connectivity index (χ3v) is 12.6. The molecule has 0 heterocycles. The summed E-state index contributed by atoms with van der Waals surface area (Å²) in [5.74, 6) is -0.601. The van der Waals surface area contributed by atoms with E-state index in [9.17, 15) is 14.7 Å². The Morgan fingerprint density at radius 3 is 0.942 bits per heavy atom. The number of hydrogen-bond donors (Lipinski definition) is 1. The quantitative estimate of drug-likeness (QED) is 0.0374. The number of rotatable bonds is 53. The van der Waals surface area contributed by atoms with Gasteiger partial charge < -0.3 is 14.6 Å². The van der Waals surface area contributed by atoms with Crippen LogP contribution in [0.2, 0.25) is 0 Å². The van der Waals surface area contributed by atoms with E-state index < -0.39 is 6.10 Å². The van der Waals surface area contributed by atoms with Crippen molar-refractivity contribution in [3.05, 3.63) is 97.2 Å². The van der Waals surface area contributed by atoms with E-state index in [2.05, 4.69) is 111 Å². The summed E-state index contributed by atoms with van der Waals surface area (Å²) < 4.78 is 10.7. The van der Waals surface area contributed by atoms with Crippen molar-refractivity contribution in [2.24, 2.45) is 0 Å². The molecule has 1 atom stereocenters. The molecule has 69 heavy (non-hydrogen) atoms. The van der Waals surface area contributed by atoms with Gasteiger partial charge in [0, 0.05) is 12.8 Å². The van der Waals surface area contributed by atoms with E-state index in [4.69, 9.17) is 9.47 Å². The van der Waals surface area contributed by atoms with Crippen molar-refractivity contribution in [3.63, 3.8) is 0 Å². The van der Waals surface area contributed by atoms with Crippen molar-refractivity contribution in [2.45, 2.75) is 283 Å². The lowest BCUT2D eigenvalue weighted by Gasteiger charge is -2.15. The molecule has 5 nitrogen and oxygen atoms in total. The fourth-order valence-electron chi connectivity index (χ4n) is 8.22. The summed E-state index contributed by atoms with van der Waals surface area (Å²) in [7, 11) is 0. The van der Waals surface area contributed by atoms with Crippen LogP contribution in [0.1, 0.15) is 277 Å². The molecule has 1 N–H and O–H groups in total. The van der Waals surface area contributed by atoms with Gasteiger partial charge in [-0.3, -0.25) is 9.59 Å². The lowest BCUT2D eigenvalue weighted by atomic mass is 10.0. The predicted octanol–water partition coefficient (Wildman–Crippen LogP) is 19.9. The van der Waals surface area contributed by atoms with Gasteiger partial charge in [-0.1, -0.05) is 272 Å². The van der Waals surface area contributed by atoms with Crippen LogP contribution in [0, 0.1) is 0 Å². The minimum Gasteiger partial charge on any atom is -0.462 e. The van der Waals surface area contributed by atoms with Crippen LogP contribution in [0.4, 0.5) is 0 Å². The van der Waals surface area contributed by atoms with Gasteiger partial charge in [-0.25, -0.2) is 0 Å². The maximum Gasteiger partial charge on any atom is 0.306 e. The molecule has 0 saturated heterocycles. The highest BCUT2D eigenvalue weighted by Crippen LogP contribution is 2.17. The molecule has 0 aromatic rings. The van der Waals surface area contributed by atoms with Crippen molar-refractivity contribution >= 4 is 11.9 Å². The van der Waals surface area contributed by atoms with Gasteiger partial charge in [0.05, 0.1) is 6.61 Å². The molecule has 0 aliphatic rings. The Morgan fingerprint density at radius 2 is 0.623 bits per heavy atom. The van der Waals surface area contributed by atoms with Crippen molar-refractivity contribution < 1.29 is 24.2 Å².